The van der Waals surface area contributed by atoms with E-state index >= 15 is 0 Å². The molecule has 0 saturated carbocycles. The number of fused-ring (bicyclic) bond motifs is 1. The van der Waals surface area contributed by atoms with Gasteiger partial charge in [0.25, 0.3) is 0 Å². The molecule has 2 aromatic rings. The molecule has 3 heterocycles. The fraction of sp³-hybridized carbons (Fsp3) is 0.550. The maximum Gasteiger partial charge on any atom is 0.231 e. The standard InChI is InChI=1S/C20H28N6O3S/c1-3-18-23-20(30-24-18)26-10-8-25(9-11-26)19(21-4-2)22-7-12-27-15-5-6-16-17(13-15)29-14-28-16/h5-6,13H,3-4,7-12,14H2,1-2H3,(H,21,22). The summed E-state index contributed by atoms with van der Waals surface area (Å²) in [7, 11) is 0. The predicted molar refractivity (Wildman–Crippen MR) is 117 cm³/mol. The molecule has 0 spiro atoms. The number of piperazine rings is 1. The van der Waals surface area contributed by atoms with Crippen LogP contribution in [0.2, 0.25) is 0 Å². The van der Waals surface area contributed by atoms with E-state index in [-0.39, 0.29) is 6.79 Å². The first-order valence-corrected chi connectivity index (χ1v) is 11.2. The van der Waals surface area contributed by atoms with Crippen LogP contribution in [-0.2, 0) is 6.42 Å². The first-order valence-electron chi connectivity index (χ1n) is 10.4. The minimum atomic E-state index is 0.265. The van der Waals surface area contributed by atoms with Crippen LogP contribution in [0.4, 0.5) is 5.13 Å². The van der Waals surface area contributed by atoms with Crippen molar-refractivity contribution in [1.29, 1.82) is 0 Å². The summed E-state index contributed by atoms with van der Waals surface area (Å²) in [6.45, 7) is 9.96. The predicted octanol–water partition coefficient (Wildman–Crippen LogP) is 2.00. The fourth-order valence-corrected chi connectivity index (χ4v) is 4.14. The lowest BCUT2D eigenvalue weighted by molar-refractivity contribution is 0.173. The Morgan fingerprint density at radius 2 is 2.03 bits per heavy atom. The number of hydrogen-bond acceptors (Lipinski definition) is 8. The largest absolute Gasteiger partial charge is 0.492 e. The molecule has 4 rings (SSSR count). The topological polar surface area (TPSA) is 84.3 Å². The Morgan fingerprint density at radius 1 is 1.20 bits per heavy atom. The molecule has 1 N–H and O–H groups in total. The highest BCUT2D eigenvalue weighted by atomic mass is 32.1. The summed E-state index contributed by atoms with van der Waals surface area (Å²) < 4.78 is 20.9. The Bertz CT molecular complexity index is 866. The molecule has 10 heteroatoms. The summed E-state index contributed by atoms with van der Waals surface area (Å²) in [6.07, 6.45) is 0.877. The number of nitrogens with zero attached hydrogens (tertiary/aromatic N) is 5. The van der Waals surface area contributed by atoms with Crippen LogP contribution in [-0.4, -0.2) is 72.9 Å². The zero-order chi connectivity index (χ0) is 20.8. The second kappa shape index (κ2) is 9.84. The fourth-order valence-electron chi connectivity index (χ4n) is 3.33. The molecule has 9 nitrogen and oxygen atoms in total. The molecule has 0 aliphatic carbocycles. The van der Waals surface area contributed by atoms with E-state index < -0.39 is 0 Å². The van der Waals surface area contributed by atoms with E-state index in [4.69, 9.17) is 19.2 Å². The van der Waals surface area contributed by atoms with Gasteiger partial charge in [0.05, 0.1) is 6.54 Å². The maximum absolute atomic E-state index is 5.82. The molecule has 162 valence electrons. The van der Waals surface area contributed by atoms with Crippen LogP contribution >= 0.6 is 11.5 Å². The van der Waals surface area contributed by atoms with Gasteiger partial charge in [-0.05, 0) is 19.1 Å². The van der Waals surface area contributed by atoms with Gasteiger partial charge in [0.1, 0.15) is 18.2 Å². The van der Waals surface area contributed by atoms with Gasteiger partial charge in [0.2, 0.25) is 11.9 Å². The third-order valence-corrected chi connectivity index (χ3v) is 5.74. The molecule has 0 radical (unpaired) electrons. The molecule has 0 atom stereocenters. The molecule has 1 fully saturated rings. The minimum Gasteiger partial charge on any atom is -0.492 e. The highest BCUT2D eigenvalue weighted by molar-refractivity contribution is 7.09. The van der Waals surface area contributed by atoms with Crippen LogP contribution < -0.4 is 24.4 Å². The number of hydrogen-bond donors (Lipinski definition) is 1. The summed E-state index contributed by atoms with van der Waals surface area (Å²) in [5.41, 5.74) is 0. The maximum atomic E-state index is 5.82. The first-order chi connectivity index (χ1) is 14.8. The Hall–Kier alpha value is -2.75. The lowest BCUT2D eigenvalue weighted by Gasteiger charge is -2.36. The van der Waals surface area contributed by atoms with Gasteiger partial charge in [-0.2, -0.15) is 4.37 Å². The number of benzene rings is 1. The van der Waals surface area contributed by atoms with Gasteiger partial charge < -0.3 is 29.3 Å². The number of rotatable bonds is 7. The number of guanidine groups is 1. The van der Waals surface area contributed by atoms with Crippen molar-refractivity contribution in [3.8, 4) is 17.2 Å². The van der Waals surface area contributed by atoms with Gasteiger partial charge in [-0.25, -0.2) is 9.98 Å². The number of ether oxygens (including phenoxy) is 3. The Kier molecular flexibility index (Phi) is 6.73. The highest BCUT2D eigenvalue weighted by Gasteiger charge is 2.22. The molecule has 0 amide bonds. The van der Waals surface area contributed by atoms with Crippen LogP contribution in [0.15, 0.2) is 23.2 Å². The van der Waals surface area contributed by atoms with Crippen LogP contribution in [0.1, 0.15) is 19.7 Å². The first kappa shape index (κ1) is 20.5. The Balaban J connectivity index is 1.27. The molecule has 1 aromatic carbocycles. The van der Waals surface area contributed by atoms with E-state index in [9.17, 15) is 0 Å². The van der Waals surface area contributed by atoms with Gasteiger partial charge in [-0.1, -0.05) is 6.92 Å². The van der Waals surface area contributed by atoms with E-state index in [2.05, 4.69) is 38.3 Å². The molecule has 1 aromatic heterocycles. The summed E-state index contributed by atoms with van der Waals surface area (Å²) in [5, 5.41) is 4.41. The summed E-state index contributed by atoms with van der Waals surface area (Å²) in [4.78, 5) is 14.0. The van der Waals surface area contributed by atoms with Gasteiger partial charge >= 0.3 is 0 Å². The normalized spacial score (nSPS) is 16.1. The Morgan fingerprint density at radius 3 is 2.80 bits per heavy atom. The lowest BCUT2D eigenvalue weighted by Crippen LogP contribution is -2.52. The monoisotopic (exact) mass is 432 g/mol. The quantitative estimate of drug-likeness (QED) is 0.404. The van der Waals surface area contributed by atoms with Crippen molar-refractivity contribution in [2.45, 2.75) is 20.3 Å². The van der Waals surface area contributed by atoms with E-state index in [0.29, 0.717) is 13.2 Å². The number of aliphatic imine (C=N–C) groups is 1. The van der Waals surface area contributed by atoms with Crippen molar-refractivity contribution >= 4 is 22.6 Å². The molecular formula is C20H28N6O3S. The lowest BCUT2D eigenvalue weighted by atomic mass is 10.3. The van der Waals surface area contributed by atoms with Crippen LogP contribution in [0, 0.1) is 0 Å². The zero-order valence-electron chi connectivity index (χ0n) is 17.5. The van der Waals surface area contributed by atoms with Crippen LogP contribution in [0.25, 0.3) is 0 Å². The third kappa shape index (κ3) is 4.86. The molecule has 0 unspecified atom stereocenters. The second-order valence-electron chi connectivity index (χ2n) is 6.92. The molecule has 2 aliphatic heterocycles. The summed E-state index contributed by atoms with van der Waals surface area (Å²) in [6, 6.07) is 5.61. The SMILES string of the molecule is CCNC(=NCCOc1ccc2c(c1)OCO2)N1CCN(c2nc(CC)ns2)CC1. The molecule has 1 saturated heterocycles. The zero-order valence-corrected chi connectivity index (χ0v) is 18.3. The average molecular weight is 433 g/mol. The molecule has 0 bridgehead atoms. The van der Waals surface area contributed by atoms with Crippen LogP contribution in [0.5, 0.6) is 17.2 Å². The second-order valence-corrected chi connectivity index (χ2v) is 7.65. The highest BCUT2D eigenvalue weighted by Crippen LogP contribution is 2.35. The van der Waals surface area contributed by atoms with E-state index in [1.54, 1.807) is 0 Å². The molecular weight excluding hydrogens is 404 g/mol. The van der Waals surface area contributed by atoms with Crippen molar-refractivity contribution in [1.82, 2.24) is 19.6 Å². The number of aryl methyl sites for hydroxylation is 1. The van der Waals surface area contributed by atoms with Crippen molar-refractivity contribution in [3.63, 3.8) is 0 Å². The number of aromatic nitrogens is 2. The summed E-state index contributed by atoms with van der Waals surface area (Å²) >= 11 is 1.49. The van der Waals surface area contributed by atoms with E-state index in [1.807, 2.05) is 18.2 Å². The van der Waals surface area contributed by atoms with E-state index in [1.165, 1.54) is 11.5 Å². The van der Waals surface area contributed by atoms with Crippen molar-refractivity contribution < 1.29 is 14.2 Å². The molecule has 2 aliphatic rings. The van der Waals surface area contributed by atoms with Gasteiger partial charge in [-0.15, -0.1) is 0 Å². The molecule has 30 heavy (non-hydrogen) atoms. The van der Waals surface area contributed by atoms with Gasteiger partial charge in [-0.3, -0.25) is 0 Å². The van der Waals surface area contributed by atoms with Crippen molar-refractivity contribution in [3.05, 3.63) is 24.0 Å². The summed E-state index contributed by atoms with van der Waals surface area (Å²) in [5.74, 6) is 4.10. The smallest absolute Gasteiger partial charge is 0.231 e. The third-order valence-electron chi connectivity index (χ3n) is 4.92. The van der Waals surface area contributed by atoms with Gasteiger partial charge in [0.15, 0.2) is 17.5 Å². The van der Waals surface area contributed by atoms with Gasteiger partial charge in [0, 0.05) is 56.7 Å². The van der Waals surface area contributed by atoms with Crippen molar-refractivity contribution in [2.75, 3.05) is 57.6 Å². The van der Waals surface area contributed by atoms with E-state index in [0.717, 1.165) is 73.3 Å². The minimum absolute atomic E-state index is 0.265. The van der Waals surface area contributed by atoms with Crippen molar-refractivity contribution in [2.24, 2.45) is 4.99 Å². The number of anilines is 1. The Labute approximate surface area is 180 Å². The number of nitrogens with one attached hydrogen (secondary N) is 1. The average Bonchev–Trinajstić information content (AvgIpc) is 3.45. The van der Waals surface area contributed by atoms with Crippen LogP contribution in [0.3, 0.4) is 0 Å².